The molecule has 0 radical (unpaired) electrons. The smallest absolute Gasteiger partial charge is 0.317 e. The summed E-state index contributed by atoms with van der Waals surface area (Å²) in [7, 11) is 1.64. The summed E-state index contributed by atoms with van der Waals surface area (Å²) in [6, 6.07) is 11.1. The van der Waals surface area contributed by atoms with Crippen molar-refractivity contribution in [3.63, 3.8) is 0 Å². The van der Waals surface area contributed by atoms with Crippen LogP contribution in [-0.4, -0.2) is 85.1 Å². The summed E-state index contributed by atoms with van der Waals surface area (Å²) in [5.41, 5.74) is 0.707. The van der Waals surface area contributed by atoms with Crippen LogP contribution in [0.4, 0.5) is 4.79 Å². The molecule has 0 spiro atoms. The molecule has 3 amide bonds. The molecule has 3 rings (SSSR count). The van der Waals surface area contributed by atoms with Crippen LogP contribution in [0.15, 0.2) is 53.2 Å². The Bertz CT molecular complexity index is 957. The molecule has 8 heteroatoms. The van der Waals surface area contributed by atoms with E-state index in [2.05, 4.69) is 10.2 Å². The first-order valence-electron chi connectivity index (χ1n) is 11.7. The number of nitrogens with zero attached hydrogens (tertiary/aromatic N) is 3. The van der Waals surface area contributed by atoms with Crippen molar-refractivity contribution in [1.82, 2.24) is 20.0 Å². The third kappa shape index (κ3) is 7.38. The lowest BCUT2D eigenvalue weighted by molar-refractivity contribution is 0.0706. The average Bonchev–Trinajstić information content (AvgIpc) is 3.35. The van der Waals surface area contributed by atoms with Crippen molar-refractivity contribution >= 4 is 18.0 Å². The van der Waals surface area contributed by atoms with Gasteiger partial charge in [0.1, 0.15) is 5.75 Å². The van der Waals surface area contributed by atoms with E-state index in [4.69, 9.17) is 9.15 Å². The maximum absolute atomic E-state index is 13.0. The molecule has 34 heavy (non-hydrogen) atoms. The summed E-state index contributed by atoms with van der Waals surface area (Å²) >= 11 is 0. The van der Waals surface area contributed by atoms with Gasteiger partial charge >= 0.3 is 6.03 Å². The lowest BCUT2D eigenvalue weighted by Gasteiger charge is -2.37. The van der Waals surface area contributed by atoms with Crippen LogP contribution in [0.3, 0.4) is 0 Å². The molecule has 8 nitrogen and oxygen atoms in total. The zero-order valence-corrected chi connectivity index (χ0v) is 20.6. The molecule has 2 heterocycles. The first kappa shape index (κ1) is 25.4. The van der Waals surface area contributed by atoms with Gasteiger partial charge in [0, 0.05) is 56.9 Å². The SMILES string of the molecule is COc1ccccc1/C=C/CN(CCN1CCN(C(=O)NC(C)(C)C)CC1)C(=O)c1ccco1. The number of hydrogen-bond donors (Lipinski definition) is 1. The molecule has 1 aliphatic heterocycles. The van der Waals surface area contributed by atoms with Crippen LogP contribution in [0.5, 0.6) is 5.75 Å². The summed E-state index contributed by atoms with van der Waals surface area (Å²) < 4.78 is 10.8. The van der Waals surface area contributed by atoms with E-state index in [0.29, 0.717) is 31.9 Å². The standard InChI is InChI=1S/C26H36N4O4/c1-26(2,3)27-25(32)30-18-15-28(16-19-30)14-17-29(24(31)23-12-8-20-34-23)13-7-10-21-9-5-6-11-22(21)33-4/h5-12,20H,13-19H2,1-4H3,(H,27,32)/b10-7+. The fourth-order valence-corrected chi connectivity index (χ4v) is 3.78. The van der Waals surface area contributed by atoms with Gasteiger partial charge in [-0.15, -0.1) is 0 Å². The van der Waals surface area contributed by atoms with Crippen LogP contribution in [-0.2, 0) is 0 Å². The fraction of sp³-hybridized carbons (Fsp3) is 0.462. The van der Waals surface area contributed by atoms with Crippen molar-refractivity contribution in [3.05, 3.63) is 60.1 Å². The molecule has 0 aliphatic carbocycles. The van der Waals surface area contributed by atoms with Gasteiger partial charge in [-0.3, -0.25) is 9.69 Å². The number of nitrogens with one attached hydrogen (secondary N) is 1. The second-order valence-electron chi connectivity index (χ2n) is 9.38. The van der Waals surface area contributed by atoms with Crippen molar-refractivity contribution < 1.29 is 18.7 Å². The number of carbonyl (C=O) groups is 2. The number of amides is 3. The Balaban J connectivity index is 1.57. The quantitative estimate of drug-likeness (QED) is 0.641. The minimum Gasteiger partial charge on any atom is -0.496 e. The topological polar surface area (TPSA) is 78.3 Å². The molecule has 1 aromatic carbocycles. The molecular weight excluding hydrogens is 432 g/mol. The van der Waals surface area contributed by atoms with Gasteiger partial charge in [-0.05, 0) is 39.0 Å². The number of urea groups is 1. The van der Waals surface area contributed by atoms with E-state index in [1.54, 1.807) is 24.1 Å². The summed E-state index contributed by atoms with van der Waals surface area (Å²) in [5, 5.41) is 3.02. The predicted octanol–water partition coefficient (Wildman–Crippen LogP) is 3.57. The Morgan fingerprint density at radius 3 is 2.50 bits per heavy atom. The highest BCUT2D eigenvalue weighted by atomic mass is 16.5. The van der Waals surface area contributed by atoms with Gasteiger partial charge in [0.15, 0.2) is 5.76 Å². The summed E-state index contributed by atoms with van der Waals surface area (Å²) in [4.78, 5) is 31.3. The molecular formula is C26H36N4O4. The van der Waals surface area contributed by atoms with Gasteiger partial charge in [-0.25, -0.2) is 4.79 Å². The van der Waals surface area contributed by atoms with Crippen molar-refractivity contribution in [2.24, 2.45) is 0 Å². The Morgan fingerprint density at radius 1 is 1.12 bits per heavy atom. The van der Waals surface area contributed by atoms with E-state index in [9.17, 15) is 9.59 Å². The molecule has 1 fully saturated rings. The van der Waals surface area contributed by atoms with Gasteiger partial charge in [-0.1, -0.05) is 30.4 Å². The van der Waals surface area contributed by atoms with Crippen molar-refractivity contribution in [3.8, 4) is 5.75 Å². The van der Waals surface area contributed by atoms with Gasteiger partial charge in [0.2, 0.25) is 0 Å². The minimum atomic E-state index is -0.252. The van der Waals surface area contributed by atoms with Crippen molar-refractivity contribution in [2.75, 3.05) is 52.9 Å². The van der Waals surface area contributed by atoms with Crippen molar-refractivity contribution in [2.45, 2.75) is 26.3 Å². The fourth-order valence-electron chi connectivity index (χ4n) is 3.78. The number of ether oxygens (including phenoxy) is 1. The maximum atomic E-state index is 13.0. The molecule has 2 aromatic rings. The maximum Gasteiger partial charge on any atom is 0.317 e. The highest BCUT2D eigenvalue weighted by molar-refractivity contribution is 5.91. The summed E-state index contributed by atoms with van der Waals surface area (Å²) in [6.45, 7) is 10.6. The van der Waals surface area contributed by atoms with Crippen LogP contribution < -0.4 is 10.1 Å². The highest BCUT2D eigenvalue weighted by Crippen LogP contribution is 2.19. The van der Waals surface area contributed by atoms with E-state index in [1.165, 1.54) is 6.26 Å². The van der Waals surface area contributed by atoms with Crippen molar-refractivity contribution in [1.29, 1.82) is 0 Å². The Kier molecular flexibility index (Phi) is 8.76. The minimum absolute atomic E-state index is 0.0248. The molecule has 0 bridgehead atoms. The number of furan rings is 1. The highest BCUT2D eigenvalue weighted by Gasteiger charge is 2.25. The Hall–Kier alpha value is -3.26. The van der Waals surface area contributed by atoms with Gasteiger partial charge in [0.05, 0.1) is 13.4 Å². The van der Waals surface area contributed by atoms with Crippen LogP contribution >= 0.6 is 0 Å². The second-order valence-corrected chi connectivity index (χ2v) is 9.38. The number of rotatable bonds is 8. The lowest BCUT2D eigenvalue weighted by atomic mass is 10.1. The molecule has 0 unspecified atom stereocenters. The largest absolute Gasteiger partial charge is 0.496 e. The summed E-state index contributed by atoms with van der Waals surface area (Å²) in [5.74, 6) is 0.975. The lowest BCUT2D eigenvalue weighted by Crippen LogP contribution is -2.55. The third-order valence-electron chi connectivity index (χ3n) is 5.61. The molecule has 0 atom stereocenters. The molecule has 184 valence electrons. The second kappa shape index (κ2) is 11.7. The molecule has 1 saturated heterocycles. The Labute approximate surface area is 202 Å². The van der Waals surface area contributed by atoms with Crippen LogP contribution in [0.2, 0.25) is 0 Å². The van der Waals surface area contributed by atoms with E-state index in [0.717, 1.165) is 30.9 Å². The van der Waals surface area contributed by atoms with E-state index in [-0.39, 0.29) is 17.5 Å². The number of piperazine rings is 1. The summed E-state index contributed by atoms with van der Waals surface area (Å²) in [6.07, 6.45) is 5.44. The third-order valence-corrected chi connectivity index (χ3v) is 5.61. The first-order chi connectivity index (χ1) is 16.3. The number of benzene rings is 1. The van der Waals surface area contributed by atoms with Gasteiger partial charge in [0.25, 0.3) is 5.91 Å². The van der Waals surface area contributed by atoms with Gasteiger partial charge < -0.3 is 24.3 Å². The number of methoxy groups -OCH3 is 1. The van der Waals surface area contributed by atoms with Crippen LogP contribution in [0.1, 0.15) is 36.9 Å². The van der Waals surface area contributed by atoms with E-state index < -0.39 is 0 Å². The number of carbonyl (C=O) groups excluding carboxylic acids is 2. The average molecular weight is 469 g/mol. The molecule has 1 N–H and O–H groups in total. The van der Waals surface area contributed by atoms with Gasteiger partial charge in [-0.2, -0.15) is 0 Å². The first-order valence-corrected chi connectivity index (χ1v) is 11.7. The molecule has 1 aromatic heterocycles. The number of hydrogen-bond acceptors (Lipinski definition) is 5. The van der Waals surface area contributed by atoms with Crippen LogP contribution in [0, 0.1) is 0 Å². The predicted molar refractivity (Wildman–Crippen MR) is 133 cm³/mol. The zero-order chi connectivity index (χ0) is 24.6. The molecule has 1 aliphatic rings. The van der Waals surface area contributed by atoms with E-state index >= 15 is 0 Å². The zero-order valence-electron chi connectivity index (χ0n) is 20.6. The van der Waals surface area contributed by atoms with E-state index in [1.807, 2.05) is 62.1 Å². The monoisotopic (exact) mass is 468 g/mol. The normalized spacial score (nSPS) is 14.9. The molecule has 0 saturated carbocycles. The van der Waals surface area contributed by atoms with Crippen LogP contribution in [0.25, 0.3) is 6.08 Å². The Morgan fingerprint density at radius 2 is 1.85 bits per heavy atom. The number of para-hydroxylation sites is 1.